The molecule has 1 atom stereocenters. The summed E-state index contributed by atoms with van der Waals surface area (Å²) >= 11 is 0. The summed E-state index contributed by atoms with van der Waals surface area (Å²) in [7, 11) is 3.96. The summed E-state index contributed by atoms with van der Waals surface area (Å²) in [5, 5.41) is 12.2. The average molecular weight is 301 g/mol. The van der Waals surface area contributed by atoms with Gasteiger partial charge < -0.3 is 13.5 Å². The molecule has 0 bridgehead atoms. The minimum atomic E-state index is 0.103. The third-order valence-corrected chi connectivity index (χ3v) is 3.99. The van der Waals surface area contributed by atoms with E-state index >= 15 is 0 Å². The van der Waals surface area contributed by atoms with Crippen LogP contribution in [0.5, 0.6) is 0 Å². The second-order valence-corrected chi connectivity index (χ2v) is 5.44. The standard InChI is InChI=1S/C15H19N5O2/c1-10-5-6-13(20(10)4)15-17-16-14(22-15)9-19(3)11(2)12-7-8-21-18-12/h5-8,11H,9H2,1-4H3/t11-/m0/s1. The van der Waals surface area contributed by atoms with E-state index in [4.69, 9.17) is 8.94 Å². The first-order chi connectivity index (χ1) is 10.6. The smallest absolute Gasteiger partial charge is 0.264 e. The summed E-state index contributed by atoms with van der Waals surface area (Å²) < 4.78 is 12.7. The molecule has 3 rings (SSSR count). The molecule has 0 amide bonds. The van der Waals surface area contributed by atoms with E-state index in [0.717, 1.165) is 17.1 Å². The summed E-state index contributed by atoms with van der Waals surface area (Å²) in [5.41, 5.74) is 2.94. The second-order valence-electron chi connectivity index (χ2n) is 5.44. The summed E-state index contributed by atoms with van der Waals surface area (Å²) in [5.74, 6) is 1.11. The van der Waals surface area contributed by atoms with E-state index in [-0.39, 0.29) is 6.04 Å². The van der Waals surface area contributed by atoms with Crippen LogP contribution < -0.4 is 0 Å². The molecule has 0 aliphatic heterocycles. The Kier molecular flexibility index (Phi) is 3.81. The third-order valence-electron chi connectivity index (χ3n) is 3.99. The van der Waals surface area contributed by atoms with Gasteiger partial charge in [-0.25, -0.2) is 0 Å². The first kappa shape index (κ1) is 14.5. The Balaban J connectivity index is 1.73. The largest absolute Gasteiger partial charge is 0.418 e. The highest BCUT2D eigenvalue weighted by molar-refractivity contribution is 5.48. The predicted octanol–water partition coefficient (Wildman–Crippen LogP) is 2.56. The molecule has 0 spiro atoms. The number of nitrogens with zero attached hydrogens (tertiary/aromatic N) is 5. The van der Waals surface area contributed by atoms with Gasteiger partial charge in [-0.3, -0.25) is 4.90 Å². The molecule has 3 heterocycles. The quantitative estimate of drug-likeness (QED) is 0.721. The highest BCUT2D eigenvalue weighted by Crippen LogP contribution is 2.22. The van der Waals surface area contributed by atoms with E-state index in [0.29, 0.717) is 18.3 Å². The van der Waals surface area contributed by atoms with Gasteiger partial charge >= 0.3 is 0 Å². The van der Waals surface area contributed by atoms with Crippen LogP contribution in [0.4, 0.5) is 0 Å². The zero-order valence-electron chi connectivity index (χ0n) is 13.1. The van der Waals surface area contributed by atoms with Crippen molar-refractivity contribution in [3.63, 3.8) is 0 Å². The summed E-state index contributed by atoms with van der Waals surface area (Å²) in [4.78, 5) is 2.07. The van der Waals surface area contributed by atoms with Gasteiger partial charge in [0.05, 0.1) is 12.6 Å². The molecule has 3 aromatic rings. The number of aromatic nitrogens is 4. The Morgan fingerprint density at radius 1 is 1.27 bits per heavy atom. The van der Waals surface area contributed by atoms with Crippen molar-refractivity contribution >= 4 is 0 Å². The summed E-state index contributed by atoms with van der Waals surface area (Å²) in [6, 6.07) is 5.96. The van der Waals surface area contributed by atoms with Crippen molar-refractivity contribution in [1.29, 1.82) is 0 Å². The molecule has 22 heavy (non-hydrogen) atoms. The minimum Gasteiger partial charge on any atom is -0.418 e. The maximum Gasteiger partial charge on any atom is 0.264 e. The van der Waals surface area contributed by atoms with Crippen LogP contribution in [-0.2, 0) is 13.6 Å². The molecule has 3 aromatic heterocycles. The van der Waals surface area contributed by atoms with Gasteiger partial charge in [-0.1, -0.05) is 5.16 Å². The van der Waals surface area contributed by atoms with Gasteiger partial charge in [0.15, 0.2) is 0 Å². The van der Waals surface area contributed by atoms with Gasteiger partial charge in [-0.2, -0.15) is 0 Å². The minimum absolute atomic E-state index is 0.103. The van der Waals surface area contributed by atoms with Crippen LogP contribution in [-0.4, -0.2) is 31.9 Å². The molecule has 7 nitrogen and oxygen atoms in total. The lowest BCUT2D eigenvalue weighted by atomic mass is 10.2. The molecule has 0 aromatic carbocycles. The summed E-state index contributed by atoms with van der Waals surface area (Å²) in [6.45, 7) is 4.63. The lowest BCUT2D eigenvalue weighted by molar-refractivity contribution is 0.219. The van der Waals surface area contributed by atoms with Crippen molar-refractivity contribution in [1.82, 2.24) is 24.8 Å². The highest BCUT2D eigenvalue weighted by atomic mass is 16.5. The van der Waals surface area contributed by atoms with Gasteiger partial charge in [0.1, 0.15) is 17.7 Å². The van der Waals surface area contributed by atoms with Crippen molar-refractivity contribution in [2.45, 2.75) is 26.4 Å². The number of hydrogen-bond acceptors (Lipinski definition) is 6. The molecule has 0 unspecified atom stereocenters. The van der Waals surface area contributed by atoms with Gasteiger partial charge in [-0.15, -0.1) is 10.2 Å². The van der Waals surface area contributed by atoms with Crippen LogP contribution in [0, 0.1) is 6.92 Å². The van der Waals surface area contributed by atoms with E-state index in [1.165, 1.54) is 0 Å². The Morgan fingerprint density at radius 3 is 2.73 bits per heavy atom. The van der Waals surface area contributed by atoms with Crippen molar-refractivity contribution in [3.05, 3.63) is 41.7 Å². The zero-order chi connectivity index (χ0) is 15.7. The molecule has 0 saturated carbocycles. The second kappa shape index (κ2) is 5.76. The molecule has 0 radical (unpaired) electrons. The molecule has 0 fully saturated rings. The maximum absolute atomic E-state index is 5.77. The van der Waals surface area contributed by atoms with E-state index in [1.807, 2.05) is 43.8 Å². The van der Waals surface area contributed by atoms with E-state index in [9.17, 15) is 0 Å². The molecular weight excluding hydrogens is 282 g/mol. The van der Waals surface area contributed by atoms with Gasteiger partial charge in [0.25, 0.3) is 5.89 Å². The van der Waals surface area contributed by atoms with Gasteiger partial charge in [-0.05, 0) is 33.0 Å². The zero-order valence-corrected chi connectivity index (χ0v) is 13.1. The number of rotatable bonds is 5. The normalized spacial score (nSPS) is 13.0. The number of hydrogen-bond donors (Lipinski definition) is 0. The van der Waals surface area contributed by atoms with Crippen LogP contribution in [0.25, 0.3) is 11.6 Å². The fourth-order valence-electron chi connectivity index (χ4n) is 2.26. The van der Waals surface area contributed by atoms with E-state index < -0.39 is 0 Å². The SMILES string of the molecule is Cc1ccc(-c2nnc(CN(C)[C@@H](C)c3ccon3)o2)n1C. The molecule has 0 saturated heterocycles. The topological polar surface area (TPSA) is 73.1 Å². The Bertz CT molecular complexity index is 744. The van der Waals surface area contributed by atoms with Gasteiger partial charge in [0, 0.05) is 18.8 Å². The Hall–Kier alpha value is -2.41. The van der Waals surface area contributed by atoms with Gasteiger partial charge in [0.2, 0.25) is 5.89 Å². The summed E-state index contributed by atoms with van der Waals surface area (Å²) in [6.07, 6.45) is 1.57. The van der Waals surface area contributed by atoms with Crippen LogP contribution >= 0.6 is 0 Å². The van der Waals surface area contributed by atoms with E-state index in [2.05, 4.69) is 27.2 Å². The van der Waals surface area contributed by atoms with Crippen molar-refractivity contribution in [2.24, 2.45) is 7.05 Å². The average Bonchev–Trinajstić information content (AvgIpc) is 3.22. The molecule has 116 valence electrons. The van der Waals surface area contributed by atoms with Crippen LogP contribution in [0.3, 0.4) is 0 Å². The Morgan fingerprint density at radius 2 is 2.09 bits per heavy atom. The van der Waals surface area contributed by atoms with Crippen LogP contribution in [0.2, 0.25) is 0 Å². The molecule has 0 aliphatic rings. The van der Waals surface area contributed by atoms with Crippen molar-refractivity contribution < 1.29 is 8.94 Å². The van der Waals surface area contributed by atoms with E-state index in [1.54, 1.807) is 6.26 Å². The predicted molar refractivity (Wildman–Crippen MR) is 79.8 cm³/mol. The van der Waals surface area contributed by atoms with Crippen LogP contribution in [0.15, 0.2) is 33.4 Å². The van der Waals surface area contributed by atoms with Crippen molar-refractivity contribution in [2.75, 3.05) is 7.05 Å². The van der Waals surface area contributed by atoms with Crippen LogP contribution in [0.1, 0.15) is 30.2 Å². The van der Waals surface area contributed by atoms with Crippen molar-refractivity contribution in [3.8, 4) is 11.6 Å². The molecule has 7 heteroatoms. The fraction of sp³-hybridized carbons (Fsp3) is 0.400. The lowest BCUT2D eigenvalue weighted by Crippen LogP contribution is -2.22. The first-order valence-corrected chi connectivity index (χ1v) is 7.12. The lowest BCUT2D eigenvalue weighted by Gasteiger charge is -2.20. The highest BCUT2D eigenvalue weighted by Gasteiger charge is 2.18. The molecular formula is C15H19N5O2. The number of aryl methyl sites for hydroxylation is 1. The molecule has 0 N–H and O–H groups in total. The Labute approximate surface area is 128 Å². The first-order valence-electron chi connectivity index (χ1n) is 7.12. The fourth-order valence-corrected chi connectivity index (χ4v) is 2.26. The third kappa shape index (κ3) is 2.67. The maximum atomic E-state index is 5.77. The monoisotopic (exact) mass is 301 g/mol. The molecule has 0 aliphatic carbocycles.